The van der Waals surface area contributed by atoms with E-state index in [-0.39, 0.29) is 12.5 Å². The van der Waals surface area contributed by atoms with E-state index in [2.05, 4.69) is 23.9 Å². The molecule has 2 heterocycles. The molecule has 0 N–H and O–H groups in total. The first-order valence-electron chi connectivity index (χ1n) is 9.82. The molecule has 7 heteroatoms. The highest BCUT2D eigenvalue weighted by Gasteiger charge is 2.31. The van der Waals surface area contributed by atoms with Gasteiger partial charge in [-0.05, 0) is 44.1 Å². The van der Waals surface area contributed by atoms with Crippen molar-refractivity contribution >= 4 is 5.91 Å². The Kier molecular flexibility index (Phi) is 6.57. The van der Waals surface area contributed by atoms with Crippen LogP contribution in [0.25, 0.3) is 0 Å². The Balaban J connectivity index is 1.59. The number of aromatic nitrogens is 1. The van der Waals surface area contributed by atoms with Crippen LogP contribution in [0.4, 0.5) is 0 Å². The van der Waals surface area contributed by atoms with Gasteiger partial charge in [-0.1, -0.05) is 25.1 Å². The largest absolute Gasteiger partial charge is 0.493 e. The molecule has 1 fully saturated rings. The van der Waals surface area contributed by atoms with Gasteiger partial charge in [0, 0.05) is 25.2 Å². The molecule has 0 saturated carbocycles. The summed E-state index contributed by atoms with van der Waals surface area (Å²) in [5.41, 5.74) is 1.42. The molecule has 1 amide bonds. The van der Waals surface area contributed by atoms with Crippen LogP contribution >= 0.6 is 0 Å². The molecule has 1 aliphatic heterocycles. The third kappa shape index (κ3) is 4.47. The van der Waals surface area contributed by atoms with Crippen LogP contribution in [-0.2, 0) is 6.61 Å². The van der Waals surface area contributed by atoms with Crippen LogP contribution in [0.2, 0.25) is 0 Å². The van der Waals surface area contributed by atoms with Crippen molar-refractivity contribution in [2.24, 2.45) is 0 Å². The lowest BCUT2D eigenvalue weighted by atomic mass is 10.2. The first-order chi connectivity index (χ1) is 13.5. The molecule has 1 aromatic carbocycles. The molecular formula is C21H29N3O4. The first-order valence-corrected chi connectivity index (χ1v) is 9.82. The van der Waals surface area contributed by atoms with Crippen LogP contribution in [0.15, 0.2) is 28.8 Å². The highest BCUT2D eigenvalue weighted by atomic mass is 16.5. The van der Waals surface area contributed by atoms with Crippen LogP contribution in [0, 0.1) is 6.92 Å². The van der Waals surface area contributed by atoms with Crippen LogP contribution < -0.4 is 9.47 Å². The Morgan fingerprint density at radius 2 is 2.07 bits per heavy atom. The molecule has 28 heavy (non-hydrogen) atoms. The summed E-state index contributed by atoms with van der Waals surface area (Å²) in [5, 5.41) is 3.95. The quantitative estimate of drug-likeness (QED) is 0.693. The van der Waals surface area contributed by atoms with Gasteiger partial charge in [-0.2, -0.15) is 0 Å². The van der Waals surface area contributed by atoms with Gasteiger partial charge < -0.3 is 18.9 Å². The first kappa shape index (κ1) is 20.2. The van der Waals surface area contributed by atoms with E-state index in [1.165, 1.54) is 0 Å². The van der Waals surface area contributed by atoms with Gasteiger partial charge >= 0.3 is 0 Å². The SMILES string of the molecule is CCN(CC)[C@H]1CCN(C(=O)c2cc(COc3ccc(C)cc3OC)on2)C1. The molecule has 152 valence electrons. The van der Waals surface area contributed by atoms with Crippen LogP contribution in [0.3, 0.4) is 0 Å². The standard InChI is InChI=1S/C21H29N3O4/c1-5-23(6-2)16-9-10-24(13-16)21(25)18-12-17(28-22-18)14-27-19-8-7-15(3)11-20(19)26-4/h7-8,11-12,16H,5-6,9-10,13-14H2,1-4H3/t16-/m0/s1. The van der Waals surface area contributed by atoms with Gasteiger partial charge in [0.1, 0.15) is 6.61 Å². The minimum absolute atomic E-state index is 0.0856. The number of likely N-dealkylation sites (N-methyl/N-ethyl adjacent to an activating group) is 1. The number of nitrogens with zero attached hydrogens (tertiary/aromatic N) is 3. The number of aryl methyl sites for hydroxylation is 1. The lowest BCUT2D eigenvalue weighted by molar-refractivity contribution is 0.0767. The van der Waals surface area contributed by atoms with E-state index in [4.69, 9.17) is 14.0 Å². The highest BCUT2D eigenvalue weighted by molar-refractivity contribution is 5.92. The molecular weight excluding hydrogens is 358 g/mol. The number of hydrogen-bond donors (Lipinski definition) is 0. The van der Waals surface area contributed by atoms with Crippen molar-refractivity contribution in [3.8, 4) is 11.5 Å². The number of benzene rings is 1. The molecule has 1 aromatic heterocycles. The van der Waals surface area contributed by atoms with Gasteiger partial charge in [-0.3, -0.25) is 9.69 Å². The Labute approximate surface area is 166 Å². The minimum atomic E-state index is -0.0856. The number of carbonyl (C=O) groups is 1. The van der Waals surface area contributed by atoms with E-state index in [1.54, 1.807) is 13.2 Å². The second-order valence-corrected chi connectivity index (χ2v) is 7.04. The Morgan fingerprint density at radius 1 is 1.29 bits per heavy atom. The molecule has 2 aromatic rings. The van der Waals surface area contributed by atoms with E-state index in [0.717, 1.165) is 38.2 Å². The number of ether oxygens (including phenoxy) is 2. The number of hydrogen-bond acceptors (Lipinski definition) is 6. The monoisotopic (exact) mass is 387 g/mol. The maximum absolute atomic E-state index is 12.7. The van der Waals surface area contributed by atoms with Crippen molar-refractivity contribution in [2.45, 2.75) is 39.8 Å². The van der Waals surface area contributed by atoms with Gasteiger partial charge in [0.05, 0.1) is 7.11 Å². The summed E-state index contributed by atoms with van der Waals surface area (Å²) in [4.78, 5) is 17.0. The van der Waals surface area contributed by atoms with Crippen molar-refractivity contribution in [3.63, 3.8) is 0 Å². The number of rotatable bonds is 8. The smallest absolute Gasteiger partial charge is 0.276 e. The fraction of sp³-hybridized carbons (Fsp3) is 0.524. The molecule has 0 unspecified atom stereocenters. The maximum atomic E-state index is 12.7. The lowest BCUT2D eigenvalue weighted by Gasteiger charge is -2.25. The summed E-state index contributed by atoms with van der Waals surface area (Å²) in [6.07, 6.45) is 0.995. The number of methoxy groups -OCH3 is 1. The second kappa shape index (κ2) is 9.10. The average Bonchev–Trinajstić information content (AvgIpc) is 3.37. The Hall–Kier alpha value is -2.54. The Morgan fingerprint density at radius 3 is 2.79 bits per heavy atom. The van der Waals surface area contributed by atoms with Gasteiger partial charge in [-0.25, -0.2) is 0 Å². The zero-order chi connectivity index (χ0) is 20.1. The predicted molar refractivity (Wildman–Crippen MR) is 106 cm³/mol. The summed E-state index contributed by atoms with van der Waals surface area (Å²) < 4.78 is 16.4. The lowest BCUT2D eigenvalue weighted by Crippen LogP contribution is -2.38. The molecule has 1 saturated heterocycles. The normalized spacial score (nSPS) is 16.6. The van der Waals surface area contributed by atoms with E-state index in [9.17, 15) is 4.79 Å². The highest BCUT2D eigenvalue weighted by Crippen LogP contribution is 2.28. The second-order valence-electron chi connectivity index (χ2n) is 7.04. The molecule has 3 rings (SSSR count). The topological polar surface area (TPSA) is 68.0 Å². The predicted octanol–water partition coefficient (Wildman–Crippen LogP) is 3.13. The molecule has 1 aliphatic rings. The fourth-order valence-corrected chi connectivity index (χ4v) is 3.65. The molecule has 0 radical (unpaired) electrons. The van der Waals surface area contributed by atoms with Crippen LogP contribution in [0.1, 0.15) is 42.1 Å². The summed E-state index contributed by atoms with van der Waals surface area (Å²) in [5.74, 6) is 1.71. The maximum Gasteiger partial charge on any atom is 0.276 e. The van der Waals surface area contributed by atoms with Crippen molar-refractivity contribution in [1.82, 2.24) is 15.0 Å². The summed E-state index contributed by atoms with van der Waals surface area (Å²) >= 11 is 0. The molecule has 0 aliphatic carbocycles. The molecule has 1 atom stereocenters. The molecule has 7 nitrogen and oxygen atoms in total. The van der Waals surface area contributed by atoms with E-state index >= 15 is 0 Å². The van der Waals surface area contributed by atoms with Crippen molar-refractivity contribution in [2.75, 3.05) is 33.3 Å². The van der Waals surface area contributed by atoms with Crippen LogP contribution in [-0.4, -0.2) is 60.2 Å². The van der Waals surface area contributed by atoms with Gasteiger partial charge in [0.15, 0.2) is 23.0 Å². The Bertz CT molecular complexity index is 801. The summed E-state index contributed by atoms with van der Waals surface area (Å²) in [6.45, 7) is 9.96. The number of likely N-dealkylation sites (tertiary alicyclic amines) is 1. The van der Waals surface area contributed by atoms with E-state index in [1.807, 2.05) is 30.0 Å². The van der Waals surface area contributed by atoms with Gasteiger partial charge in [-0.15, -0.1) is 0 Å². The van der Waals surface area contributed by atoms with Crippen molar-refractivity contribution in [1.29, 1.82) is 0 Å². The fourth-order valence-electron chi connectivity index (χ4n) is 3.65. The van der Waals surface area contributed by atoms with Crippen LogP contribution in [0.5, 0.6) is 11.5 Å². The summed E-state index contributed by atoms with van der Waals surface area (Å²) in [7, 11) is 1.61. The summed E-state index contributed by atoms with van der Waals surface area (Å²) in [6, 6.07) is 7.79. The van der Waals surface area contributed by atoms with E-state index < -0.39 is 0 Å². The number of amides is 1. The minimum Gasteiger partial charge on any atom is -0.493 e. The third-order valence-electron chi connectivity index (χ3n) is 5.25. The molecule has 0 bridgehead atoms. The van der Waals surface area contributed by atoms with Gasteiger partial charge in [0.2, 0.25) is 0 Å². The van der Waals surface area contributed by atoms with E-state index in [0.29, 0.717) is 29.0 Å². The van der Waals surface area contributed by atoms with Gasteiger partial charge in [0.25, 0.3) is 5.91 Å². The molecule has 0 spiro atoms. The zero-order valence-corrected chi connectivity index (χ0v) is 17.1. The van der Waals surface area contributed by atoms with Crippen molar-refractivity contribution in [3.05, 3.63) is 41.3 Å². The zero-order valence-electron chi connectivity index (χ0n) is 17.1. The number of carbonyl (C=O) groups excluding carboxylic acids is 1. The van der Waals surface area contributed by atoms with Crippen molar-refractivity contribution < 1.29 is 18.8 Å². The average molecular weight is 387 g/mol. The third-order valence-corrected chi connectivity index (χ3v) is 5.25.